The summed E-state index contributed by atoms with van der Waals surface area (Å²) >= 11 is 0. The summed E-state index contributed by atoms with van der Waals surface area (Å²) in [4.78, 5) is 4.16. The van der Waals surface area contributed by atoms with E-state index in [0.717, 1.165) is 17.1 Å². The fourth-order valence-electron chi connectivity index (χ4n) is 1.68. The van der Waals surface area contributed by atoms with Gasteiger partial charge >= 0.3 is 0 Å². The Morgan fingerprint density at radius 2 is 2.13 bits per heavy atom. The standard InChI is InChI=1S/C12H11N3/c1-9-4-3-5-11(8-13)12(9)15-7-6-14-10(15)2/h3-7H,1-2H3. The molecule has 0 bridgehead atoms. The van der Waals surface area contributed by atoms with Crippen molar-refractivity contribution in [1.82, 2.24) is 9.55 Å². The Bertz CT molecular complexity index is 532. The van der Waals surface area contributed by atoms with E-state index in [4.69, 9.17) is 5.26 Å². The molecule has 0 aliphatic heterocycles. The molecule has 1 aromatic carbocycles. The Morgan fingerprint density at radius 1 is 1.33 bits per heavy atom. The van der Waals surface area contributed by atoms with Crippen molar-refractivity contribution >= 4 is 0 Å². The van der Waals surface area contributed by atoms with Crippen LogP contribution < -0.4 is 0 Å². The Kier molecular flexibility index (Phi) is 2.26. The third-order valence-corrected chi connectivity index (χ3v) is 2.42. The first-order valence-corrected chi connectivity index (χ1v) is 4.74. The maximum absolute atomic E-state index is 9.05. The second-order valence-corrected chi connectivity index (χ2v) is 3.43. The first-order valence-electron chi connectivity index (χ1n) is 4.74. The molecule has 2 rings (SSSR count). The molecular weight excluding hydrogens is 186 g/mol. The molecule has 0 atom stereocenters. The maximum atomic E-state index is 9.05. The molecule has 3 nitrogen and oxygen atoms in total. The Labute approximate surface area is 88.6 Å². The number of aryl methyl sites for hydroxylation is 2. The van der Waals surface area contributed by atoms with Gasteiger partial charge in [-0.1, -0.05) is 12.1 Å². The van der Waals surface area contributed by atoms with Crippen molar-refractivity contribution in [3.05, 3.63) is 47.5 Å². The lowest BCUT2D eigenvalue weighted by Gasteiger charge is -2.10. The maximum Gasteiger partial charge on any atom is 0.110 e. The fourth-order valence-corrected chi connectivity index (χ4v) is 1.68. The zero-order chi connectivity index (χ0) is 10.8. The molecule has 1 aromatic heterocycles. The summed E-state index contributed by atoms with van der Waals surface area (Å²) in [6.07, 6.45) is 3.61. The minimum atomic E-state index is 0.677. The molecule has 2 aromatic rings. The smallest absolute Gasteiger partial charge is 0.110 e. The van der Waals surface area contributed by atoms with Gasteiger partial charge in [0, 0.05) is 12.4 Å². The van der Waals surface area contributed by atoms with Crippen molar-refractivity contribution in [1.29, 1.82) is 5.26 Å². The van der Waals surface area contributed by atoms with Crippen LogP contribution in [0.2, 0.25) is 0 Å². The summed E-state index contributed by atoms with van der Waals surface area (Å²) in [6, 6.07) is 7.91. The molecule has 0 saturated heterocycles. The molecule has 1 heterocycles. The predicted molar refractivity (Wildman–Crippen MR) is 57.8 cm³/mol. The molecule has 0 unspecified atom stereocenters. The van der Waals surface area contributed by atoms with E-state index >= 15 is 0 Å². The van der Waals surface area contributed by atoms with Crippen molar-refractivity contribution in [2.75, 3.05) is 0 Å². The molecule has 0 spiro atoms. The zero-order valence-electron chi connectivity index (χ0n) is 8.73. The SMILES string of the molecule is Cc1cccc(C#N)c1-n1ccnc1C. The molecule has 0 fully saturated rings. The number of hydrogen-bond acceptors (Lipinski definition) is 2. The number of aromatic nitrogens is 2. The molecule has 0 aliphatic rings. The second-order valence-electron chi connectivity index (χ2n) is 3.43. The molecule has 0 amide bonds. The third kappa shape index (κ3) is 1.50. The molecular formula is C12H11N3. The topological polar surface area (TPSA) is 41.6 Å². The Hall–Kier alpha value is -2.08. The monoisotopic (exact) mass is 197 g/mol. The highest BCUT2D eigenvalue weighted by Crippen LogP contribution is 2.19. The van der Waals surface area contributed by atoms with Crippen LogP contribution in [-0.2, 0) is 0 Å². The zero-order valence-corrected chi connectivity index (χ0v) is 8.73. The molecule has 3 heteroatoms. The lowest BCUT2D eigenvalue weighted by Crippen LogP contribution is -2.01. The van der Waals surface area contributed by atoms with Gasteiger partial charge in [-0.3, -0.25) is 0 Å². The van der Waals surface area contributed by atoms with E-state index in [1.807, 2.05) is 42.8 Å². The number of para-hydroxylation sites is 1. The van der Waals surface area contributed by atoms with Crippen LogP contribution in [0.25, 0.3) is 5.69 Å². The van der Waals surface area contributed by atoms with Gasteiger partial charge in [-0.05, 0) is 25.5 Å². The number of benzene rings is 1. The van der Waals surface area contributed by atoms with Crippen LogP contribution in [0.4, 0.5) is 0 Å². The number of hydrogen-bond donors (Lipinski definition) is 0. The van der Waals surface area contributed by atoms with Crippen molar-refractivity contribution < 1.29 is 0 Å². The summed E-state index contributed by atoms with van der Waals surface area (Å²) in [5, 5.41) is 9.05. The largest absolute Gasteiger partial charge is 0.302 e. The van der Waals surface area contributed by atoms with Crippen LogP contribution in [-0.4, -0.2) is 9.55 Å². The van der Waals surface area contributed by atoms with Gasteiger partial charge in [0.2, 0.25) is 0 Å². The quantitative estimate of drug-likeness (QED) is 0.704. The van der Waals surface area contributed by atoms with E-state index in [1.165, 1.54) is 0 Å². The first-order chi connectivity index (χ1) is 7.24. The van der Waals surface area contributed by atoms with Gasteiger partial charge in [-0.25, -0.2) is 4.98 Å². The second kappa shape index (κ2) is 3.58. The molecule has 0 aliphatic carbocycles. The van der Waals surface area contributed by atoms with E-state index in [-0.39, 0.29) is 0 Å². The summed E-state index contributed by atoms with van der Waals surface area (Å²) < 4.78 is 1.94. The average molecular weight is 197 g/mol. The number of nitriles is 1. The van der Waals surface area contributed by atoms with Crippen LogP contribution in [0.3, 0.4) is 0 Å². The predicted octanol–water partition coefficient (Wildman–Crippen LogP) is 2.36. The van der Waals surface area contributed by atoms with Gasteiger partial charge in [0.15, 0.2) is 0 Å². The van der Waals surface area contributed by atoms with Crippen LogP contribution in [0, 0.1) is 25.2 Å². The van der Waals surface area contributed by atoms with Gasteiger partial charge in [-0.2, -0.15) is 5.26 Å². The summed E-state index contributed by atoms with van der Waals surface area (Å²) in [5.74, 6) is 0.890. The first kappa shape index (κ1) is 9.47. The third-order valence-electron chi connectivity index (χ3n) is 2.42. The van der Waals surface area contributed by atoms with E-state index in [9.17, 15) is 0 Å². The number of imidazole rings is 1. The summed E-state index contributed by atoms with van der Waals surface area (Å²) in [7, 11) is 0. The van der Waals surface area contributed by atoms with Gasteiger partial charge in [0.1, 0.15) is 11.9 Å². The van der Waals surface area contributed by atoms with Crippen molar-refractivity contribution in [3.8, 4) is 11.8 Å². The van der Waals surface area contributed by atoms with E-state index in [2.05, 4.69) is 11.1 Å². The van der Waals surface area contributed by atoms with Gasteiger partial charge in [0.05, 0.1) is 11.3 Å². The highest BCUT2D eigenvalue weighted by atomic mass is 15.1. The molecule has 0 radical (unpaired) electrons. The fraction of sp³-hybridized carbons (Fsp3) is 0.167. The van der Waals surface area contributed by atoms with Crippen LogP contribution in [0.15, 0.2) is 30.6 Å². The van der Waals surface area contributed by atoms with E-state index in [1.54, 1.807) is 6.20 Å². The lowest BCUT2D eigenvalue weighted by atomic mass is 10.1. The Balaban J connectivity index is 2.73. The molecule has 15 heavy (non-hydrogen) atoms. The molecule has 0 saturated carbocycles. The van der Waals surface area contributed by atoms with Gasteiger partial charge < -0.3 is 4.57 Å². The lowest BCUT2D eigenvalue weighted by molar-refractivity contribution is 0.960. The average Bonchev–Trinajstić information content (AvgIpc) is 2.64. The van der Waals surface area contributed by atoms with Gasteiger partial charge in [0.25, 0.3) is 0 Å². The van der Waals surface area contributed by atoms with Crippen LogP contribution in [0.1, 0.15) is 17.0 Å². The van der Waals surface area contributed by atoms with Crippen LogP contribution >= 0.6 is 0 Å². The summed E-state index contributed by atoms with van der Waals surface area (Å²) in [5.41, 5.74) is 2.68. The highest BCUT2D eigenvalue weighted by molar-refractivity contribution is 5.54. The normalized spacial score (nSPS) is 9.93. The van der Waals surface area contributed by atoms with Gasteiger partial charge in [-0.15, -0.1) is 0 Å². The number of rotatable bonds is 1. The highest BCUT2D eigenvalue weighted by Gasteiger charge is 2.08. The Morgan fingerprint density at radius 3 is 2.73 bits per heavy atom. The molecule has 0 N–H and O–H groups in total. The van der Waals surface area contributed by atoms with Crippen molar-refractivity contribution in [2.24, 2.45) is 0 Å². The van der Waals surface area contributed by atoms with Crippen LogP contribution in [0.5, 0.6) is 0 Å². The minimum Gasteiger partial charge on any atom is -0.302 e. The molecule has 74 valence electrons. The number of nitrogens with zero attached hydrogens (tertiary/aromatic N) is 3. The van der Waals surface area contributed by atoms with E-state index < -0.39 is 0 Å². The van der Waals surface area contributed by atoms with Crippen molar-refractivity contribution in [3.63, 3.8) is 0 Å². The van der Waals surface area contributed by atoms with E-state index in [0.29, 0.717) is 5.56 Å². The minimum absolute atomic E-state index is 0.677. The van der Waals surface area contributed by atoms with Crippen molar-refractivity contribution in [2.45, 2.75) is 13.8 Å². The summed E-state index contributed by atoms with van der Waals surface area (Å²) in [6.45, 7) is 3.92.